The van der Waals surface area contributed by atoms with Gasteiger partial charge in [0.2, 0.25) is 5.91 Å². The molecule has 1 N–H and O–H groups in total. The van der Waals surface area contributed by atoms with Gasteiger partial charge in [0.05, 0.1) is 6.54 Å². The summed E-state index contributed by atoms with van der Waals surface area (Å²) >= 11 is 6.13. The van der Waals surface area contributed by atoms with Crippen LogP contribution < -0.4 is 10.2 Å². The first kappa shape index (κ1) is 22.0. The molecule has 5 nitrogen and oxygen atoms in total. The number of hydrogen-bond acceptors (Lipinski definition) is 2. The minimum absolute atomic E-state index is 0.0974. The van der Waals surface area contributed by atoms with E-state index in [1.54, 1.807) is 17.0 Å². The standard InChI is InChI=1S/C27H30ClN3O2/c1-27(26(33)29-21-10-5-3-2-4-6-11-21)18-30-23-12-8-7-9-19(23)17-24(30)25(32)31(27)22-15-13-20(28)14-16-22/h7-9,12-17,21H,2-6,10-11,18H2,1H3,(H,29,33)/t27-/m0/s1. The largest absolute Gasteiger partial charge is 0.351 e. The molecule has 1 aromatic heterocycles. The summed E-state index contributed by atoms with van der Waals surface area (Å²) in [5.41, 5.74) is 1.18. The first-order valence-electron chi connectivity index (χ1n) is 12.0. The number of rotatable bonds is 3. The molecule has 2 aliphatic rings. The molecule has 172 valence electrons. The summed E-state index contributed by atoms with van der Waals surface area (Å²) in [6.07, 6.45) is 7.97. The van der Waals surface area contributed by atoms with Gasteiger partial charge in [0, 0.05) is 27.7 Å². The monoisotopic (exact) mass is 463 g/mol. The molecule has 2 amide bonds. The van der Waals surface area contributed by atoms with Crippen LogP contribution in [0.4, 0.5) is 5.69 Å². The van der Waals surface area contributed by atoms with Crippen LogP contribution in [0.1, 0.15) is 62.4 Å². The van der Waals surface area contributed by atoms with Gasteiger partial charge in [0.15, 0.2) is 0 Å². The van der Waals surface area contributed by atoms with Gasteiger partial charge in [0.25, 0.3) is 5.91 Å². The number of halogens is 1. The van der Waals surface area contributed by atoms with Gasteiger partial charge >= 0.3 is 0 Å². The number of benzene rings is 2. The van der Waals surface area contributed by atoms with Gasteiger partial charge in [-0.1, -0.05) is 61.9 Å². The van der Waals surface area contributed by atoms with Crippen LogP contribution in [0.3, 0.4) is 0 Å². The Morgan fingerprint density at radius 3 is 2.39 bits per heavy atom. The Labute approximate surface area is 199 Å². The summed E-state index contributed by atoms with van der Waals surface area (Å²) in [5.74, 6) is -0.269. The fraction of sp³-hybridized carbons (Fsp3) is 0.407. The number of aromatic nitrogens is 1. The van der Waals surface area contributed by atoms with Crippen LogP contribution >= 0.6 is 11.6 Å². The van der Waals surface area contributed by atoms with Crippen molar-refractivity contribution in [3.8, 4) is 0 Å². The van der Waals surface area contributed by atoms with E-state index in [2.05, 4.69) is 5.32 Å². The molecule has 0 radical (unpaired) electrons. The first-order valence-corrected chi connectivity index (χ1v) is 12.3. The Morgan fingerprint density at radius 2 is 1.67 bits per heavy atom. The smallest absolute Gasteiger partial charge is 0.275 e. The molecule has 5 rings (SSSR count). The number of hydrogen-bond donors (Lipinski definition) is 1. The van der Waals surface area contributed by atoms with E-state index in [4.69, 9.17) is 11.6 Å². The lowest BCUT2D eigenvalue weighted by Crippen LogP contribution is -2.65. The summed E-state index contributed by atoms with van der Waals surface area (Å²) in [6, 6.07) is 17.2. The maximum atomic E-state index is 13.9. The lowest BCUT2D eigenvalue weighted by atomic mass is 9.91. The molecule has 2 aromatic carbocycles. The number of amides is 2. The van der Waals surface area contributed by atoms with Crippen LogP contribution in [0.25, 0.3) is 10.9 Å². The predicted octanol–water partition coefficient (Wildman–Crippen LogP) is 5.94. The second kappa shape index (κ2) is 8.86. The van der Waals surface area contributed by atoms with E-state index < -0.39 is 5.54 Å². The van der Waals surface area contributed by atoms with Gasteiger partial charge in [-0.25, -0.2) is 0 Å². The molecule has 1 aliphatic heterocycles. The van der Waals surface area contributed by atoms with Crippen molar-refractivity contribution in [3.63, 3.8) is 0 Å². The van der Waals surface area contributed by atoms with Crippen LogP contribution in [-0.2, 0) is 11.3 Å². The van der Waals surface area contributed by atoms with Gasteiger partial charge in [-0.15, -0.1) is 0 Å². The van der Waals surface area contributed by atoms with E-state index in [0.717, 1.165) is 36.6 Å². The Hall–Kier alpha value is -2.79. The highest BCUT2D eigenvalue weighted by atomic mass is 35.5. The van der Waals surface area contributed by atoms with Crippen molar-refractivity contribution in [2.45, 2.75) is 70.0 Å². The quantitative estimate of drug-likeness (QED) is 0.522. The van der Waals surface area contributed by atoms with Crippen molar-refractivity contribution in [1.82, 2.24) is 9.88 Å². The topological polar surface area (TPSA) is 54.3 Å². The van der Waals surface area contributed by atoms with Crippen LogP contribution in [0.5, 0.6) is 0 Å². The summed E-state index contributed by atoms with van der Waals surface area (Å²) in [4.78, 5) is 29.4. The van der Waals surface area contributed by atoms with E-state index in [1.807, 2.05) is 54.0 Å². The Bertz CT molecular complexity index is 1180. The third-order valence-corrected chi connectivity index (χ3v) is 7.46. The zero-order valence-corrected chi connectivity index (χ0v) is 19.8. The van der Waals surface area contributed by atoms with E-state index in [-0.39, 0.29) is 17.9 Å². The van der Waals surface area contributed by atoms with E-state index in [0.29, 0.717) is 22.9 Å². The number of para-hydroxylation sites is 1. The van der Waals surface area contributed by atoms with Crippen LogP contribution in [0.15, 0.2) is 54.6 Å². The Kier molecular flexibility index (Phi) is 5.92. The maximum absolute atomic E-state index is 13.9. The molecule has 0 bridgehead atoms. The number of nitrogens with zero attached hydrogens (tertiary/aromatic N) is 2. The minimum Gasteiger partial charge on any atom is -0.351 e. The van der Waals surface area contributed by atoms with Gasteiger partial charge in [-0.2, -0.15) is 0 Å². The number of anilines is 1. The second-order valence-corrected chi connectivity index (χ2v) is 10.0. The molecule has 0 saturated heterocycles. The van der Waals surface area contributed by atoms with Crippen LogP contribution in [0, 0.1) is 0 Å². The molecule has 2 heterocycles. The number of carbonyl (C=O) groups is 2. The molecule has 1 saturated carbocycles. The first-order chi connectivity index (χ1) is 16.0. The summed E-state index contributed by atoms with van der Waals surface area (Å²) in [7, 11) is 0. The van der Waals surface area contributed by atoms with E-state index >= 15 is 0 Å². The van der Waals surface area contributed by atoms with Crippen molar-refractivity contribution in [3.05, 3.63) is 65.3 Å². The molecule has 0 spiro atoms. The third-order valence-electron chi connectivity index (χ3n) is 7.21. The van der Waals surface area contributed by atoms with Crippen molar-refractivity contribution in [1.29, 1.82) is 0 Å². The fourth-order valence-corrected chi connectivity index (χ4v) is 5.51. The molecule has 1 aliphatic carbocycles. The zero-order chi connectivity index (χ0) is 23.0. The number of carbonyl (C=O) groups excluding carboxylic acids is 2. The van der Waals surface area contributed by atoms with Gasteiger partial charge < -0.3 is 9.88 Å². The second-order valence-electron chi connectivity index (χ2n) is 9.58. The SMILES string of the molecule is C[C@@]1(C(=O)NC2CCCCCCC2)Cn2c(cc3ccccc32)C(=O)N1c1ccc(Cl)cc1. The predicted molar refractivity (Wildman–Crippen MR) is 133 cm³/mol. The molecule has 33 heavy (non-hydrogen) atoms. The number of fused-ring (bicyclic) bond motifs is 3. The Balaban J connectivity index is 1.56. The summed E-state index contributed by atoms with van der Waals surface area (Å²) in [6.45, 7) is 2.28. The molecular formula is C27H30ClN3O2. The van der Waals surface area contributed by atoms with Gasteiger partial charge in [-0.05, 0) is 56.2 Å². The highest BCUT2D eigenvalue weighted by Gasteiger charge is 2.49. The average Bonchev–Trinajstić information content (AvgIpc) is 3.15. The molecular weight excluding hydrogens is 434 g/mol. The van der Waals surface area contributed by atoms with Crippen LogP contribution in [-0.4, -0.2) is 28.0 Å². The van der Waals surface area contributed by atoms with Crippen molar-refractivity contribution >= 4 is 40.0 Å². The Morgan fingerprint density at radius 1 is 1.00 bits per heavy atom. The van der Waals surface area contributed by atoms with Crippen molar-refractivity contribution < 1.29 is 9.59 Å². The summed E-state index contributed by atoms with van der Waals surface area (Å²) in [5, 5.41) is 4.92. The fourth-order valence-electron chi connectivity index (χ4n) is 5.38. The number of nitrogens with one attached hydrogen (secondary N) is 1. The third kappa shape index (κ3) is 4.04. The lowest BCUT2D eigenvalue weighted by Gasteiger charge is -2.44. The minimum atomic E-state index is -1.07. The maximum Gasteiger partial charge on any atom is 0.275 e. The average molecular weight is 464 g/mol. The highest BCUT2D eigenvalue weighted by Crippen LogP contribution is 2.36. The zero-order valence-electron chi connectivity index (χ0n) is 19.0. The molecule has 3 aromatic rings. The molecule has 0 unspecified atom stereocenters. The van der Waals surface area contributed by atoms with Crippen molar-refractivity contribution in [2.75, 3.05) is 4.90 Å². The van der Waals surface area contributed by atoms with E-state index in [9.17, 15) is 9.59 Å². The summed E-state index contributed by atoms with van der Waals surface area (Å²) < 4.78 is 2.00. The van der Waals surface area contributed by atoms with Crippen LogP contribution in [0.2, 0.25) is 5.02 Å². The van der Waals surface area contributed by atoms with Gasteiger partial charge in [0.1, 0.15) is 11.2 Å². The van der Waals surface area contributed by atoms with Crippen molar-refractivity contribution in [2.24, 2.45) is 0 Å². The molecule has 1 atom stereocenters. The molecule has 1 fully saturated rings. The lowest BCUT2D eigenvalue weighted by molar-refractivity contribution is -0.127. The molecule has 6 heteroatoms. The van der Waals surface area contributed by atoms with E-state index in [1.165, 1.54) is 19.3 Å². The van der Waals surface area contributed by atoms with Gasteiger partial charge in [-0.3, -0.25) is 14.5 Å². The highest BCUT2D eigenvalue weighted by molar-refractivity contribution is 6.30. The normalized spacial score (nSPS) is 22.0.